The fraction of sp³-hybridized carbons (Fsp3) is 0.467. The van der Waals surface area contributed by atoms with Crippen molar-refractivity contribution in [2.75, 3.05) is 23.1 Å². The highest BCUT2D eigenvalue weighted by molar-refractivity contribution is 9.10. The van der Waals surface area contributed by atoms with Crippen molar-refractivity contribution in [2.45, 2.75) is 37.0 Å². The van der Waals surface area contributed by atoms with Crippen LogP contribution in [0.4, 0.5) is 15.2 Å². The second-order valence-electron chi connectivity index (χ2n) is 5.60. The van der Waals surface area contributed by atoms with Crippen molar-refractivity contribution in [1.82, 2.24) is 9.36 Å². The second-order valence-corrected chi connectivity index (χ2v) is 8.88. The summed E-state index contributed by atoms with van der Waals surface area (Å²) in [6, 6.07) is 2.41. The Labute approximate surface area is 164 Å². The number of halogens is 2. The number of aromatic nitrogens is 2. The molecule has 0 aliphatic carbocycles. The molecule has 1 heterocycles. The number of rotatable bonds is 11. The van der Waals surface area contributed by atoms with Gasteiger partial charge in [0.05, 0.1) is 5.69 Å². The summed E-state index contributed by atoms with van der Waals surface area (Å²) in [5.74, 6) is -0.837. The van der Waals surface area contributed by atoms with Gasteiger partial charge in [-0.15, -0.1) is 0 Å². The summed E-state index contributed by atoms with van der Waals surface area (Å²) in [7, 11) is -4.08. The summed E-state index contributed by atoms with van der Waals surface area (Å²) in [6.45, 7) is 1.39. The Kier molecular flexibility index (Phi) is 8.19. The minimum absolute atomic E-state index is 0.0809. The van der Waals surface area contributed by atoms with Crippen molar-refractivity contribution in [3.05, 3.63) is 28.7 Å². The Morgan fingerprint density at radius 3 is 2.62 bits per heavy atom. The number of sulfonamides is 1. The molecule has 0 aliphatic rings. The number of hydrogen-bond donors (Lipinski definition) is 3. The first-order valence-corrected chi connectivity index (χ1v) is 11.2. The van der Waals surface area contributed by atoms with E-state index in [0.29, 0.717) is 23.2 Å². The van der Waals surface area contributed by atoms with E-state index >= 15 is 0 Å². The van der Waals surface area contributed by atoms with Gasteiger partial charge in [0.2, 0.25) is 5.13 Å². The maximum absolute atomic E-state index is 14.3. The van der Waals surface area contributed by atoms with Gasteiger partial charge in [0.25, 0.3) is 10.0 Å². The number of benzene rings is 1. The van der Waals surface area contributed by atoms with E-state index in [2.05, 4.69) is 35.3 Å². The smallest absolute Gasteiger partial charge is 0.266 e. The number of unbranched alkanes of at least 4 members (excludes halogenated alkanes) is 4. The molecule has 1 aromatic carbocycles. The molecule has 0 aliphatic heterocycles. The van der Waals surface area contributed by atoms with Crippen molar-refractivity contribution in [1.29, 1.82) is 0 Å². The summed E-state index contributed by atoms with van der Waals surface area (Å²) in [5, 5.41) is 3.20. The lowest BCUT2D eigenvalue weighted by molar-refractivity contribution is 0.570. The van der Waals surface area contributed by atoms with Gasteiger partial charge in [0.1, 0.15) is 17.0 Å². The van der Waals surface area contributed by atoms with E-state index in [1.807, 2.05) is 0 Å². The fourth-order valence-corrected chi connectivity index (χ4v) is 4.66. The molecule has 11 heteroatoms. The maximum atomic E-state index is 14.3. The Morgan fingerprint density at radius 2 is 1.92 bits per heavy atom. The number of anilines is 2. The van der Waals surface area contributed by atoms with Crippen LogP contribution in [-0.2, 0) is 10.0 Å². The quantitative estimate of drug-likeness (QED) is 0.437. The maximum Gasteiger partial charge on any atom is 0.266 e. The third-order valence-corrected chi connectivity index (χ3v) is 6.31. The van der Waals surface area contributed by atoms with E-state index in [1.54, 1.807) is 0 Å². The second kappa shape index (κ2) is 10.1. The molecule has 0 unspecified atom stereocenters. The standard InChI is InChI=1S/C15H21BrFN5O2S2/c16-11-8-14(26(23,24)22-15-20-10-21-25-15)12(17)9-13(11)19-7-5-3-1-2-4-6-18/h8-10,19H,1-7,18H2,(H,20,21,22). The summed E-state index contributed by atoms with van der Waals surface area (Å²) in [6.07, 6.45) is 6.48. The minimum Gasteiger partial charge on any atom is -0.384 e. The van der Waals surface area contributed by atoms with Crippen molar-refractivity contribution in [2.24, 2.45) is 5.73 Å². The summed E-state index contributed by atoms with van der Waals surface area (Å²) in [5.41, 5.74) is 5.96. The van der Waals surface area contributed by atoms with Crippen LogP contribution in [0.25, 0.3) is 0 Å². The van der Waals surface area contributed by atoms with Crippen molar-refractivity contribution >= 4 is 48.3 Å². The van der Waals surface area contributed by atoms with Crippen LogP contribution >= 0.6 is 27.5 Å². The predicted octanol–water partition coefficient (Wildman–Crippen LogP) is 3.56. The Balaban J connectivity index is 1.97. The number of hydrogen-bond acceptors (Lipinski definition) is 7. The van der Waals surface area contributed by atoms with Crippen LogP contribution in [0.15, 0.2) is 27.8 Å². The van der Waals surface area contributed by atoms with Crippen LogP contribution in [-0.4, -0.2) is 30.9 Å². The molecule has 144 valence electrons. The van der Waals surface area contributed by atoms with Crippen LogP contribution in [0.1, 0.15) is 32.1 Å². The van der Waals surface area contributed by atoms with Gasteiger partial charge >= 0.3 is 0 Å². The first-order valence-electron chi connectivity index (χ1n) is 8.16. The van der Waals surface area contributed by atoms with Crippen LogP contribution in [0, 0.1) is 5.82 Å². The van der Waals surface area contributed by atoms with E-state index < -0.39 is 20.7 Å². The highest BCUT2D eigenvalue weighted by Gasteiger charge is 2.22. The van der Waals surface area contributed by atoms with Gasteiger partial charge in [-0.1, -0.05) is 19.3 Å². The lowest BCUT2D eigenvalue weighted by Gasteiger charge is -2.12. The molecule has 4 N–H and O–H groups in total. The SMILES string of the molecule is NCCCCCCCNc1cc(F)c(S(=O)(=O)Nc2ncns2)cc1Br. The largest absolute Gasteiger partial charge is 0.384 e. The molecule has 0 saturated heterocycles. The average Bonchev–Trinajstić information content (AvgIpc) is 3.08. The average molecular weight is 466 g/mol. The lowest BCUT2D eigenvalue weighted by atomic mass is 10.1. The number of nitrogens with one attached hydrogen (secondary N) is 2. The van der Waals surface area contributed by atoms with Crippen LogP contribution in [0.3, 0.4) is 0 Å². The zero-order chi connectivity index (χ0) is 19.0. The first kappa shape index (κ1) is 21.0. The molecule has 0 radical (unpaired) electrons. The third-order valence-electron chi connectivity index (χ3n) is 3.59. The van der Waals surface area contributed by atoms with Crippen LogP contribution < -0.4 is 15.8 Å². The highest BCUT2D eigenvalue weighted by atomic mass is 79.9. The van der Waals surface area contributed by atoms with Gasteiger partial charge in [0, 0.05) is 22.5 Å². The molecule has 7 nitrogen and oxygen atoms in total. The molecule has 1 aromatic heterocycles. The molecule has 26 heavy (non-hydrogen) atoms. The normalized spacial score (nSPS) is 11.5. The van der Waals surface area contributed by atoms with Crippen LogP contribution in [0.2, 0.25) is 0 Å². The Bertz CT molecular complexity index is 803. The molecule has 0 saturated carbocycles. The molecule has 2 rings (SSSR count). The number of nitrogens with two attached hydrogens (primary N) is 1. The molecule has 2 aromatic rings. The molecule has 0 amide bonds. The lowest BCUT2D eigenvalue weighted by Crippen LogP contribution is -2.15. The topological polar surface area (TPSA) is 110 Å². The van der Waals surface area contributed by atoms with Crippen molar-refractivity contribution in [3.8, 4) is 0 Å². The zero-order valence-corrected chi connectivity index (χ0v) is 17.3. The third kappa shape index (κ3) is 6.15. The molecule has 0 atom stereocenters. The van der Waals surface area contributed by atoms with Gasteiger partial charge in [-0.3, -0.25) is 4.72 Å². The molecule has 0 bridgehead atoms. The van der Waals surface area contributed by atoms with E-state index in [9.17, 15) is 12.8 Å². The van der Waals surface area contributed by atoms with Gasteiger partial charge in [-0.2, -0.15) is 4.37 Å². The Hall–Kier alpha value is -1.30. The van der Waals surface area contributed by atoms with E-state index in [4.69, 9.17) is 5.73 Å². The Morgan fingerprint density at radius 1 is 1.19 bits per heavy atom. The van der Waals surface area contributed by atoms with Gasteiger partial charge < -0.3 is 11.1 Å². The first-order chi connectivity index (χ1) is 12.4. The van der Waals surface area contributed by atoms with E-state index in [0.717, 1.165) is 43.6 Å². The molecular weight excluding hydrogens is 445 g/mol. The van der Waals surface area contributed by atoms with E-state index in [1.165, 1.54) is 18.5 Å². The van der Waals surface area contributed by atoms with Crippen molar-refractivity contribution in [3.63, 3.8) is 0 Å². The predicted molar refractivity (Wildman–Crippen MR) is 105 cm³/mol. The fourth-order valence-electron chi connectivity index (χ4n) is 2.28. The molecule has 0 fully saturated rings. The zero-order valence-electron chi connectivity index (χ0n) is 14.0. The van der Waals surface area contributed by atoms with Gasteiger partial charge in [-0.05, 0) is 47.4 Å². The molecule has 0 spiro atoms. The summed E-state index contributed by atoms with van der Waals surface area (Å²) < 4.78 is 45.3. The molecular formula is C15H21BrFN5O2S2. The van der Waals surface area contributed by atoms with Gasteiger partial charge in [0.15, 0.2) is 0 Å². The van der Waals surface area contributed by atoms with Crippen molar-refractivity contribution < 1.29 is 12.8 Å². The highest BCUT2D eigenvalue weighted by Crippen LogP contribution is 2.29. The monoisotopic (exact) mass is 465 g/mol. The number of nitrogens with zero attached hydrogens (tertiary/aromatic N) is 2. The van der Waals surface area contributed by atoms with Crippen LogP contribution in [0.5, 0.6) is 0 Å². The summed E-state index contributed by atoms with van der Waals surface area (Å²) >= 11 is 4.17. The van der Waals surface area contributed by atoms with E-state index in [-0.39, 0.29) is 5.13 Å². The van der Waals surface area contributed by atoms with Gasteiger partial charge in [-0.25, -0.2) is 17.8 Å². The summed E-state index contributed by atoms with van der Waals surface area (Å²) in [4.78, 5) is 3.28. The minimum atomic E-state index is -4.08.